The standard InChI is InChI=1S/C14H25NO/c1-12(2)16-11-14(6-7-14)10-15-8-13(9-15)4-3-5-13/h12H,3-11H2,1-2H3. The second-order valence-electron chi connectivity index (χ2n) is 6.86. The van der Waals surface area contributed by atoms with Gasteiger partial charge in [0.1, 0.15) is 0 Å². The molecule has 0 radical (unpaired) electrons. The van der Waals surface area contributed by atoms with E-state index in [1.165, 1.54) is 51.7 Å². The first-order valence-corrected chi connectivity index (χ1v) is 6.96. The molecule has 16 heavy (non-hydrogen) atoms. The number of nitrogens with zero attached hydrogens (tertiary/aromatic N) is 1. The van der Waals surface area contributed by atoms with E-state index in [9.17, 15) is 0 Å². The van der Waals surface area contributed by atoms with E-state index in [1.807, 2.05) is 0 Å². The first-order chi connectivity index (χ1) is 7.62. The van der Waals surface area contributed by atoms with Crippen LogP contribution in [0.15, 0.2) is 0 Å². The number of hydrogen-bond donors (Lipinski definition) is 0. The minimum Gasteiger partial charge on any atom is -0.378 e. The molecular formula is C14H25NO. The van der Waals surface area contributed by atoms with Crippen LogP contribution >= 0.6 is 0 Å². The summed E-state index contributed by atoms with van der Waals surface area (Å²) in [6, 6.07) is 0. The van der Waals surface area contributed by atoms with Crippen LogP contribution in [-0.4, -0.2) is 37.2 Å². The van der Waals surface area contributed by atoms with Crippen molar-refractivity contribution in [3.8, 4) is 0 Å². The molecule has 2 nitrogen and oxygen atoms in total. The van der Waals surface area contributed by atoms with Gasteiger partial charge in [0.2, 0.25) is 0 Å². The predicted molar refractivity (Wildman–Crippen MR) is 65.5 cm³/mol. The Bertz CT molecular complexity index is 258. The van der Waals surface area contributed by atoms with Crippen molar-refractivity contribution in [2.75, 3.05) is 26.2 Å². The first-order valence-electron chi connectivity index (χ1n) is 6.96. The van der Waals surface area contributed by atoms with Crippen LogP contribution in [0.5, 0.6) is 0 Å². The quantitative estimate of drug-likeness (QED) is 0.710. The van der Waals surface area contributed by atoms with Crippen LogP contribution in [0, 0.1) is 10.8 Å². The Morgan fingerprint density at radius 2 is 1.81 bits per heavy atom. The summed E-state index contributed by atoms with van der Waals surface area (Å²) < 4.78 is 5.80. The number of likely N-dealkylation sites (tertiary alicyclic amines) is 1. The maximum Gasteiger partial charge on any atom is 0.0538 e. The molecule has 1 saturated heterocycles. The molecule has 92 valence electrons. The Kier molecular flexibility index (Phi) is 2.56. The van der Waals surface area contributed by atoms with E-state index in [0.717, 1.165) is 12.0 Å². The van der Waals surface area contributed by atoms with Gasteiger partial charge in [-0.05, 0) is 44.9 Å². The lowest BCUT2D eigenvalue weighted by molar-refractivity contribution is -0.0776. The minimum absolute atomic E-state index is 0.395. The molecule has 0 N–H and O–H groups in total. The topological polar surface area (TPSA) is 12.5 Å². The summed E-state index contributed by atoms with van der Waals surface area (Å²) in [5, 5.41) is 0. The number of hydrogen-bond acceptors (Lipinski definition) is 2. The molecule has 3 rings (SSSR count). The maximum absolute atomic E-state index is 5.80. The Balaban J connectivity index is 1.41. The van der Waals surface area contributed by atoms with Gasteiger partial charge in [0.15, 0.2) is 0 Å². The highest BCUT2D eigenvalue weighted by Crippen LogP contribution is 2.52. The molecule has 0 bridgehead atoms. The SMILES string of the molecule is CC(C)OCC1(CN2CC3(CCC3)C2)CC1. The summed E-state index contributed by atoms with van der Waals surface area (Å²) in [6.45, 7) is 9.36. The Labute approximate surface area is 99.3 Å². The van der Waals surface area contributed by atoms with Crippen molar-refractivity contribution in [1.82, 2.24) is 4.90 Å². The smallest absolute Gasteiger partial charge is 0.0538 e. The van der Waals surface area contributed by atoms with E-state index >= 15 is 0 Å². The van der Waals surface area contributed by atoms with Crippen LogP contribution in [0.3, 0.4) is 0 Å². The Morgan fingerprint density at radius 1 is 1.12 bits per heavy atom. The minimum atomic E-state index is 0.395. The molecule has 0 aromatic rings. The molecule has 0 atom stereocenters. The molecule has 2 aliphatic carbocycles. The van der Waals surface area contributed by atoms with Gasteiger partial charge in [-0.1, -0.05) is 6.42 Å². The molecule has 3 aliphatic rings. The van der Waals surface area contributed by atoms with Crippen LogP contribution in [0.4, 0.5) is 0 Å². The third-order valence-corrected chi connectivity index (χ3v) is 4.77. The zero-order valence-corrected chi connectivity index (χ0v) is 10.8. The van der Waals surface area contributed by atoms with E-state index in [2.05, 4.69) is 18.7 Å². The molecular weight excluding hydrogens is 198 g/mol. The second-order valence-corrected chi connectivity index (χ2v) is 6.86. The van der Waals surface area contributed by atoms with Crippen molar-refractivity contribution < 1.29 is 4.74 Å². The van der Waals surface area contributed by atoms with Crippen LogP contribution in [0.25, 0.3) is 0 Å². The molecule has 2 heteroatoms. The highest BCUT2D eigenvalue weighted by Gasteiger charge is 2.52. The normalized spacial score (nSPS) is 30.2. The van der Waals surface area contributed by atoms with E-state index in [4.69, 9.17) is 4.74 Å². The zero-order valence-electron chi connectivity index (χ0n) is 10.8. The Morgan fingerprint density at radius 3 is 2.25 bits per heavy atom. The largest absolute Gasteiger partial charge is 0.378 e. The van der Waals surface area contributed by atoms with Crippen molar-refractivity contribution in [2.45, 2.75) is 52.1 Å². The molecule has 0 aromatic carbocycles. The predicted octanol–water partition coefficient (Wildman–Crippen LogP) is 2.68. The van der Waals surface area contributed by atoms with Gasteiger partial charge in [-0.25, -0.2) is 0 Å². The van der Waals surface area contributed by atoms with E-state index in [1.54, 1.807) is 0 Å². The first kappa shape index (κ1) is 11.0. The highest BCUT2D eigenvalue weighted by molar-refractivity contribution is 5.04. The van der Waals surface area contributed by atoms with Crippen molar-refractivity contribution >= 4 is 0 Å². The molecule has 0 amide bonds. The summed E-state index contributed by atoms with van der Waals surface area (Å²) in [7, 11) is 0. The van der Waals surface area contributed by atoms with Gasteiger partial charge in [-0.15, -0.1) is 0 Å². The van der Waals surface area contributed by atoms with Gasteiger partial charge >= 0.3 is 0 Å². The molecule has 3 fully saturated rings. The van der Waals surface area contributed by atoms with Gasteiger partial charge < -0.3 is 9.64 Å². The van der Waals surface area contributed by atoms with Gasteiger partial charge in [0, 0.05) is 25.0 Å². The summed E-state index contributed by atoms with van der Waals surface area (Å²) in [6.07, 6.45) is 7.66. The van der Waals surface area contributed by atoms with Crippen molar-refractivity contribution in [3.05, 3.63) is 0 Å². The van der Waals surface area contributed by atoms with Crippen molar-refractivity contribution in [3.63, 3.8) is 0 Å². The van der Waals surface area contributed by atoms with Gasteiger partial charge in [-0.3, -0.25) is 0 Å². The zero-order chi connectivity index (χ0) is 11.2. The average Bonchev–Trinajstić information content (AvgIpc) is 2.85. The van der Waals surface area contributed by atoms with Crippen LogP contribution in [0.1, 0.15) is 46.0 Å². The summed E-state index contributed by atoms with van der Waals surface area (Å²) in [4.78, 5) is 2.68. The molecule has 0 unspecified atom stereocenters. The van der Waals surface area contributed by atoms with E-state index in [-0.39, 0.29) is 0 Å². The fourth-order valence-electron chi connectivity index (χ4n) is 3.35. The number of rotatable bonds is 5. The maximum atomic E-state index is 5.80. The third kappa shape index (κ3) is 2.02. The molecule has 1 aliphatic heterocycles. The average molecular weight is 223 g/mol. The van der Waals surface area contributed by atoms with Crippen molar-refractivity contribution in [2.24, 2.45) is 10.8 Å². The monoisotopic (exact) mass is 223 g/mol. The van der Waals surface area contributed by atoms with E-state index < -0.39 is 0 Å². The fourth-order valence-corrected chi connectivity index (χ4v) is 3.35. The van der Waals surface area contributed by atoms with E-state index in [0.29, 0.717) is 11.5 Å². The fraction of sp³-hybridized carbons (Fsp3) is 1.00. The summed E-state index contributed by atoms with van der Waals surface area (Å²) in [5.41, 5.74) is 1.34. The van der Waals surface area contributed by atoms with Crippen molar-refractivity contribution in [1.29, 1.82) is 0 Å². The Hall–Kier alpha value is -0.0800. The summed E-state index contributed by atoms with van der Waals surface area (Å²) >= 11 is 0. The number of ether oxygens (including phenoxy) is 1. The molecule has 0 aromatic heterocycles. The lowest BCUT2D eigenvalue weighted by atomic mass is 9.63. The second kappa shape index (κ2) is 3.71. The lowest BCUT2D eigenvalue weighted by Gasteiger charge is -2.57. The van der Waals surface area contributed by atoms with Gasteiger partial charge in [0.05, 0.1) is 12.7 Å². The summed E-state index contributed by atoms with van der Waals surface area (Å²) in [5.74, 6) is 0. The van der Waals surface area contributed by atoms with Gasteiger partial charge in [-0.2, -0.15) is 0 Å². The lowest BCUT2D eigenvalue weighted by Crippen LogP contribution is -2.60. The van der Waals surface area contributed by atoms with Crippen LogP contribution in [-0.2, 0) is 4.74 Å². The molecule has 1 heterocycles. The van der Waals surface area contributed by atoms with Gasteiger partial charge in [0.25, 0.3) is 0 Å². The third-order valence-electron chi connectivity index (χ3n) is 4.77. The highest BCUT2D eigenvalue weighted by atomic mass is 16.5. The molecule has 1 spiro atoms. The molecule has 2 saturated carbocycles. The van der Waals surface area contributed by atoms with Crippen LogP contribution < -0.4 is 0 Å². The van der Waals surface area contributed by atoms with Crippen LogP contribution in [0.2, 0.25) is 0 Å².